The summed E-state index contributed by atoms with van der Waals surface area (Å²) in [6.45, 7) is 6.32. The van der Waals surface area contributed by atoms with Gasteiger partial charge in [0.15, 0.2) is 0 Å². The predicted octanol–water partition coefficient (Wildman–Crippen LogP) is 3.60. The number of carbonyl (C=O) groups is 1. The summed E-state index contributed by atoms with van der Waals surface area (Å²) in [7, 11) is 0. The second-order valence-electron chi connectivity index (χ2n) is 3.71. The summed E-state index contributed by atoms with van der Waals surface area (Å²) >= 11 is 9.29. The van der Waals surface area contributed by atoms with Gasteiger partial charge in [-0.25, -0.2) is 0 Å². The molecule has 5 heteroatoms. The van der Waals surface area contributed by atoms with Crippen molar-refractivity contribution in [2.24, 2.45) is 0 Å². The first kappa shape index (κ1) is 15.5. The highest BCUT2D eigenvalue weighted by Gasteiger charge is 2.17. The molecule has 0 bridgehead atoms. The molecule has 0 aliphatic carbocycles. The third-order valence-corrected chi connectivity index (χ3v) is 3.46. The van der Waals surface area contributed by atoms with Gasteiger partial charge in [0.1, 0.15) is 0 Å². The largest absolute Gasteiger partial charge is 0.380 e. The van der Waals surface area contributed by atoms with Crippen LogP contribution in [0, 0.1) is 0 Å². The van der Waals surface area contributed by atoms with Crippen LogP contribution in [0.4, 0.5) is 0 Å². The average molecular weight is 335 g/mol. The second kappa shape index (κ2) is 7.77. The van der Waals surface area contributed by atoms with E-state index < -0.39 is 0 Å². The van der Waals surface area contributed by atoms with E-state index in [9.17, 15) is 4.79 Å². The number of nitrogens with zero attached hydrogens (tertiary/aromatic N) is 1. The lowest BCUT2D eigenvalue weighted by molar-refractivity contribution is 0.0668. The molecular weight excluding hydrogens is 318 g/mol. The maximum absolute atomic E-state index is 12.3. The molecule has 0 unspecified atom stereocenters. The maximum Gasteiger partial charge on any atom is 0.255 e. The number of carbonyl (C=O) groups excluding carboxylic acids is 1. The minimum atomic E-state index is -0.0356. The molecule has 100 valence electrons. The van der Waals surface area contributed by atoms with Gasteiger partial charge in [0.2, 0.25) is 0 Å². The lowest BCUT2D eigenvalue weighted by Crippen LogP contribution is -2.34. The molecule has 0 saturated carbocycles. The summed E-state index contributed by atoms with van der Waals surface area (Å²) in [6, 6.07) is 5.21. The van der Waals surface area contributed by atoms with Crippen molar-refractivity contribution in [2.45, 2.75) is 13.8 Å². The number of halogens is 2. The molecule has 3 nitrogen and oxygen atoms in total. The first-order valence-corrected chi connectivity index (χ1v) is 7.09. The van der Waals surface area contributed by atoms with Crippen molar-refractivity contribution in [3.63, 3.8) is 0 Å². The van der Waals surface area contributed by atoms with E-state index in [-0.39, 0.29) is 5.91 Å². The van der Waals surface area contributed by atoms with Crippen molar-refractivity contribution in [1.29, 1.82) is 0 Å². The fourth-order valence-electron chi connectivity index (χ4n) is 1.55. The van der Waals surface area contributed by atoms with E-state index in [1.54, 1.807) is 23.1 Å². The molecule has 1 rings (SSSR count). The Hall–Kier alpha value is -0.580. The Morgan fingerprint density at radius 1 is 1.44 bits per heavy atom. The molecule has 0 saturated heterocycles. The standard InChI is InChI=1S/C13H17BrClNO2/c1-3-16(7-8-18-4-2)13(17)11-9-10(15)5-6-12(11)14/h5-6,9H,3-4,7-8H2,1-2H3. The molecule has 0 spiro atoms. The van der Waals surface area contributed by atoms with Crippen LogP contribution in [0.2, 0.25) is 5.02 Å². The summed E-state index contributed by atoms with van der Waals surface area (Å²) in [5, 5.41) is 0.558. The molecule has 0 aromatic heterocycles. The van der Waals surface area contributed by atoms with Crippen LogP contribution in [-0.4, -0.2) is 37.1 Å². The highest BCUT2D eigenvalue weighted by molar-refractivity contribution is 9.10. The van der Waals surface area contributed by atoms with Gasteiger partial charge in [-0.05, 0) is 48.0 Å². The van der Waals surface area contributed by atoms with Gasteiger partial charge in [0.25, 0.3) is 5.91 Å². The molecule has 0 radical (unpaired) electrons. The molecule has 0 heterocycles. The Kier molecular flexibility index (Phi) is 6.68. The van der Waals surface area contributed by atoms with E-state index in [2.05, 4.69) is 15.9 Å². The smallest absolute Gasteiger partial charge is 0.255 e. The van der Waals surface area contributed by atoms with Crippen molar-refractivity contribution in [3.8, 4) is 0 Å². The molecule has 0 aliphatic rings. The van der Waals surface area contributed by atoms with Gasteiger partial charge in [0, 0.05) is 29.2 Å². The zero-order chi connectivity index (χ0) is 13.5. The van der Waals surface area contributed by atoms with Gasteiger partial charge in [-0.1, -0.05) is 11.6 Å². The summed E-state index contributed by atoms with van der Waals surface area (Å²) < 4.78 is 6.03. The first-order chi connectivity index (χ1) is 8.60. The Bertz CT molecular complexity index is 412. The second-order valence-corrected chi connectivity index (χ2v) is 5.00. The van der Waals surface area contributed by atoms with Crippen molar-refractivity contribution in [2.75, 3.05) is 26.3 Å². The van der Waals surface area contributed by atoms with Crippen molar-refractivity contribution < 1.29 is 9.53 Å². The fraction of sp³-hybridized carbons (Fsp3) is 0.462. The normalized spacial score (nSPS) is 10.4. The van der Waals surface area contributed by atoms with Crippen LogP contribution in [0.15, 0.2) is 22.7 Å². The fourth-order valence-corrected chi connectivity index (χ4v) is 2.14. The summed E-state index contributed by atoms with van der Waals surface area (Å²) in [6.07, 6.45) is 0. The summed E-state index contributed by atoms with van der Waals surface area (Å²) in [4.78, 5) is 14.1. The molecule has 0 aliphatic heterocycles. The van der Waals surface area contributed by atoms with E-state index in [1.165, 1.54) is 0 Å². The monoisotopic (exact) mass is 333 g/mol. The van der Waals surface area contributed by atoms with Crippen molar-refractivity contribution >= 4 is 33.4 Å². The molecule has 1 aromatic rings. The Balaban J connectivity index is 2.79. The zero-order valence-corrected chi connectivity index (χ0v) is 12.9. The van der Waals surface area contributed by atoms with Crippen molar-refractivity contribution in [3.05, 3.63) is 33.3 Å². The van der Waals surface area contributed by atoms with Crippen LogP contribution in [0.3, 0.4) is 0 Å². The number of benzene rings is 1. The van der Waals surface area contributed by atoms with Crippen LogP contribution >= 0.6 is 27.5 Å². The molecule has 1 amide bonds. The van der Waals surface area contributed by atoms with Crippen LogP contribution in [0.1, 0.15) is 24.2 Å². The van der Waals surface area contributed by atoms with Gasteiger partial charge >= 0.3 is 0 Å². The van der Waals surface area contributed by atoms with Gasteiger partial charge in [0.05, 0.1) is 12.2 Å². The average Bonchev–Trinajstić information content (AvgIpc) is 2.37. The number of likely N-dealkylation sites (N-methyl/N-ethyl adjacent to an activating group) is 1. The number of ether oxygens (including phenoxy) is 1. The molecule has 0 fully saturated rings. The maximum atomic E-state index is 12.3. The molecular formula is C13H17BrClNO2. The Labute approximate surface area is 121 Å². The number of hydrogen-bond acceptors (Lipinski definition) is 2. The Morgan fingerprint density at radius 2 is 2.17 bits per heavy atom. The predicted molar refractivity (Wildman–Crippen MR) is 77.2 cm³/mol. The number of rotatable bonds is 6. The molecule has 1 aromatic carbocycles. The Morgan fingerprint density at radius 3 is 2.78 bits per heavy atom. The van der Waals surface area contributed by atoms with E-state index in [0.29, 0.717) is 36.9 Å². The SMILES string of the molecule is CCOCCN(CC)C(=O)c1cc(Cl)ccc1Br. The van der Waals surface area contributed by atoms with Crippen LogP contribution in [0.25, 0.3) is 0 Å². The third-order valence-electron chi connectivity index (χ3n) is 2.54. The summed E-state index contributed by atoms with van der Waals surface area (Å²) in [5.41, 5.74) is 0.584. The summed E-state index contributed by atoms with van der Waals surface area (Å²) in [5.74, 6) is -0.0356. The van der Waals surface area contributed by atoms with Gasteiger partial charge < -0.3 is 9.64 Å². The number of amides is 1. The van der Waals surface area contributed by atoms with Gasteiger partial charge in [-0.3, -0.25) is 4.79 Å². The van der Waals surface area contributed by atoms with E-state index in [4.69, 9.17) is 16.3 Å². The van der Waals surface area contributed by atoms with E-state index >= 15 is 0 Å². The highest BCUT2D eigenvalue weighted by Crippen LogP contribution is 2.22. The van der Waals surface area contributed by atoms with Crippen LogP contribution in [0.5, 0.6) is 0 Å². The minimum Gasteiger partial charge on any atom is -0.380 e. The minimum absolute atomic E-state index is 0.0356. The molecule has 0 atom stereocenters. The number of hydrogen-bond donors (Lipinski definition) is 0. The van der Waals surface area contributed by atoms with Crippen molar-refractivity contribution in [1.82, 2.24) is 4.90 Å². The zero-order valence-electron chi connectivity index (χ0n) is 10.6. The quantitative estimate of drug-likeness (QED) is 0.744. The molecule has 18 heavy (non-hydrogen) atoms. The molecule has 0 N–H and O–H groups in total. The van der Waals surface area contributed by atoms with Gasteiger partial charge in [-0.15, -0.1) is 0 Å². The topological polar surface area (TPSA) is 29.5 Å². The van der Waals surface area contributed by atoms with E-state index in [1.807, 2.05) is 13.8 Å². The van der Waals surface area contributed by atoms with Gasteiger partial charge in [-0.2, -0.15) is 0 Å². The lowest BCUT2D eigenvalue weighted by atomic mass is 10.2. The lowest BCUT2D eigenvalue weighted by Gasteiger charge is -2.21. The highest BCUT2D eigenvalue weighted by atomic mass is 79.9. The van der Waals surface area contributed by atoms with Crippen LogP contribution in [-0.2, 0) is 4.74 Å². The third kappa shape index (κ3) is 4.26. The van der Waals surface area contributed by atoms with E-state index in [0.717, 1.165) is 4.47 Å². The van der Waals surface area contributed by atoms with Crippen LogP contribution < -0.4 is 0 Å². The first-order valence-electron chi connectivity index (χ1n) is 5.92.